The summed E-state index contributed by atoms with van der Waals surface area (Å²) in [5, 5.41) is 13.6. The topological polar surface area (TPSA) is 70.2 Å². The summed E-state index contributed by atoms with van der Waals surface area (Å²) in [5.41, 5.74) is -1.22. The number of alkyl halides is 3. The van der Waals surface area contributed by atoms with E-state index in [1.54, 1.807) is 0 Å². The summed E-state index contributed by atoms with van der Waals surface area (Å²) in [5.74, 6) is 0. The molecule has 10 heteroatoms. The van der Waals surface area contributed by atoms with Gasteiger partial charge in [-0.05, 0) is 38.3 Å². The third-order valence-corrected chi connectivity index (χ3v) is 5.04. The van der Waals surface area contributed by atoms with Gasteiger partial charge in [0.15, 0.2) is 0 Å². The first-order chi connectivity index (χ1) is 12.3. The monoisotopic (exact) mass is 385 g/mol. The number of urea groups is 1. The molecule has 0 radical (unpaired) electrons. The normalized spacial score (nSPS) is 17.8. The van der Waals surface area contributed by atoms with Crippen molar-refractivity contribution in [3.05, 3.63) is 29.8 Å². The van der Waals surface area contributed by atoms with Gasteiger partial charge in [-0.3, -0.25) is 5.32 Å². The van der Waals surface area contributed by atoms with Crippen molar-refractivity contribution in [1.82, 2.24) is 10.2 Å². The number of rotatable bonds is 3. The number of para-hydroxylation sites is 1. The highest BCUT2D eigenvalue weighted by Gasteiger charge is 2.33. The van der Waals surface area contributed by atoms with Crippen molar-refractivity contribution < 1.29 is 18.0 Å². The molecule has 1 aromatic heterocycles. The van der Waals surface area contributed by atoms with Crippen molar-refractivity contribution in [2.75, 3.05) is 22.1 Å². The van der Waals surface area contributed by atoms with E-state index in [9.17, 15) is 18.0 Å². The number of piperidine rings is 1. The first kappa shape index (κ1) is 18.4. The second-order valence-corrected chi connectivity index (χ2v) is 7.01. The molecular weight excluding hydrogens is 367 g/mol. The number of carbonyl (C=O) groups excluding carboxylic acids is 1. The van der Waals surface area contributed by atoms with E-state index in [2.05, 4.69) is 32.7 Å². The fourth-order valence-electron chi connectivity index (χ4n) is 2.85. The number of aromatic nitrogens is 2. The van der Waals surface area contributed by atoms with E-state index in [1.165, 1.54) is 36.0 Å². The van der Waals surface area contributed by atoms with E-state index in [0.29, 0.717) is 11.2 Å². The molecule has 140 valence electrons. The van der Waals surface area contributed by atoms with Crippen LogP contribution >= 0.6 is 11.3 Å². The summed E-state index contributed by atoms with van der Waals surface area (Å²) in [6.45, 7) is 2.98. The Morgan fingerprint density at radius 3 is 2.73 bits per heavy atom. The van der Waals surface area contributed by atoms with Gasteiger partial charge in [0, 0.05) is 12.6 Å². The maximum absolute atomic E-state index is 13.0. The SMILES string of the molecule is CC1CCCCN1c1nnc(NC(=O)Nc2ccccc2C(F)(F)F)s1. The standard InChI is InChI=1S/C16H18F3N5OS/c1-10-6-4-5-9-24(10)15-23-22-14(26-15)21-13(25)20-12-8-3-2-7-11(12)16(17,18)19/h2-3,7-8,10H,4-6,9H2,1H3,(H2,20,21,22,25). The fourth-order valence-corrected chi connectivity index (χ4v) is 3.72. The third kappa shape index (κ3) is 4.24. The number of anilines is 3. The molecule has 6 nitrogen and oxygen atoms in total. The van der Waals surface area contributed by atoms with Gasteiger partial charge in [0.2, 0.25) is 10.3 Å². The number of halogens is 3. The van der Waals surface area contributed by atoms with Gasteiger partial charge < -0.3 is 10.2 Å². The Labute approximate surface area is 152 Å². The average molecular weight is 385 g/mol. The summed E-state index contributed by atoms with van der Waals surface area (Å²) in [7, 11) is 0. The van der Waals surface area contributed by atoms with Crippen LogP contribution in [0.4, 0.5) is 33.9 Å². The lowest BCUT2D eigenvalue weighted by molar-refractivity contribution is -0.136. The van der Waals surface area contributed by atoms with E-state index in [1.807, 2.05) is 0 Å². The number of nitrogens with zero attached hydrogens (tertiary/aromatic N) is 3. The lowest BCUT2D eigenvalue weighted by Gasteiger charge is -2.32. The predicted molar refractivity (Wildman–Crippen MR) is 94.7 cm³/mol. The molecule has 3 rings (SSSR count). The lowest BCUT2D eigenvalue weighted by Crippen LogP contribution is -2.37. The Morgan fingerprint density at radius 2 is 2.00 bits per heavy atom. The average Bonchev–Trinajstić information content (AvgIpc) is 3.03. The molecule has 2 aromatic rings. The molecule has 1 atom stereocenters. The van der Waals surface area contributed by atoms with Crippen LogP contribution in [-0.4, -0.2) is 28.8 Å². The van der Waals surface area contributed by atoms with Crippen LogP contribution in [0.1, 0.15) is 31.7 Å². The van der Waals surface area contributed by atoms with E-state index in [4.69, 9.17) is 0 Å². The summed E-state index contributed by atoms with van der Waals surface area (Å²) >= 11 is 1.20. The summed E-state index contributed by atoms with van der Waals surface area (Å²) in [6.07, 6.45) is -1.24. The number of carbonyl (C=O) groups is 1. The Morgan fingerprint density at radius 1 is 1.23 bits per heavy atom. The Balaban J connectivity index is 1.66. The van der Waals surface area contributed by atoms with E-state index in [0.717, 1.165) is 25.5 Å². The highest BCUT2D eigenvalue weighted by molar-refractivity contribution is 7.19. The predicted octanol–water partition coefficient (Wildman–Crippen LogP) is 4.58. The van der Waals surface area contributed by atoms with E-state index < -0.39 is 17.8 Å². The van der Waals surface area contributed by atoms with E-state index >= 15 is 0 Å². The van der Waals surface area contributed by atoms with Crippen molar-refractivity contribution in [2.24, 2.45) is 0 Å². The van der Waals surface area contributed by atoms with Crippen LogP contribution in [0.2, 0.25) is 0 Å². The Kier molecular flexibility index (Phi) is 5.30. The minimum atomic E-state index is -4.55. The van der Waals surface area contributed by atoms with Crippen LogP contribution in [0.5, 0.6) is 0 Å². The van der Waals surface area contributed by atoms with Crippen molar-refractivity contribution in [3.63, 3.8) is 0 Å². The summed E-state index contributed by atoms with van der Waals surface area (Å²) in [6, 6.07) is 4.35. The maximum Gasteiger partial charge on any atom is 0.418 e. The highest BCUT2D eigenvalue weighted by atomic mass is 32.1. The highest BCUT2D eigenvalue weighted by Crippen LogP contribution is 2.35. The number of hydrogen-bond acceptors (Lipinski definition) is 5. The molecule has 2 N–H and O–H groups in total. The van der Waals surface area contributed by atoms with Gasteiger partial charge in [0.05, 0.1) is 11.3 Å². The molecule has 1 unspecified atom stereocenters. The minimum Gasteiger partial charge on any atom is -0.344 e. The molecular formula is C16H18F3N5OS. The molecule has 26 heavy (non-hydrogen) atoms. The van der Waals surface area contributed by atoms with Crippen LogP contribution in [0.25, 0.3) is 0 Å². The zero-order chi connectivity index (χ0) is 18.7. The lowest BCUT2D eigenvalue weighted by atomic mass is 10.1. The number of benzene rings is 1. The molecule has 1 fully saturated rings. The number of amides is 2. The molecule has 0 spiro atoms. The Bertz CT molecular complexity index is 779. The molecule has 0 saturated carbocycles. The van der Waals surface area contributed by atoms with Crippen molar-refractivity contribution in [3.8, 4) is 0 Å². The third-order valence-electron chi connectivity index (χ3n) is 4.16. The molecule has 0 aliphatic carbocycles. The number of hydrogen-bond donors (Lipinski definition) is 2. The molecule has 1 aromatic carbocycles. The van der Waals surface area contributed by atoms with Gasteiger partial charge in [0.25, 0.3) is 0 Å². The molecule has 1 aliphatic heterocycles. The molecule has 1 aliphatic rings. The Hall–Kier alpha value is -2.36. The van der Waals surface area contributed by atoms with Crippen molar-refractivity contribution >= 4 is 33.3 Å². The first-order valence-electron chi connectivity index (χ1n) is 8.19. The van der Waals surface area contributed by atoms with Gasteiger partial charge in [0.1, 0.15) is 0 Å². The maximum atomic E-state index is 13.0. The van der Waals surface area contributed by atoms with Gasteiger partial charge in [-0.15, -0.1) is 10.2 Å². The summed E-state index contributed by atoms with van der Waals surface area (Å²) in [4.78, 5) is 14.2. The molecule has 2 amide bonds. The first-order valence-corrected chi connectivity index (χ1v) is 9.00. The molecule has 0 bridgehead atoms. The minimum absolute atomic E-state index is 0.236. The second-order valence-electron chi connectivity index (χ2n) is 6.05. The zero-order valence-corrected chi connectivity index (χ0v) is 14.8. The van der Waals surface area contributed by atoms with Crippen molar-refractivity contribution in [2.45, 2.75) is 38.4 Å². The van der Waals surface area contributed by atoms with Crippen LogP contribution in [0.15, 0.2) is 24.3 Å². The number of nitrogens with one attached hydrogen (secondary N) is 2. The van der Waals surface area contributed by atoms with E-state index in [-0.39, 0.29) is 10.8 Å². The van der Waals surface area contributed by atoms with Gasteiger partial charge in [-0.1, -0.05) is 23.5 Å². The fraction of sp³-hybridized carbons (Fsp3) is 0.438. The van der Waals surface area contributed by atoms with Crippen LogP contribution in [0, 0.1) is 0 Å². The second kappa shape index (κ2) is 7.48. The van der Waals surface area contributed by atoms with Crippen LogP contribution in [-0.2, 0) is 6.18 Å². The molecule has 1 saturated heterocycles. The summed E-state index contributed by atoms with van der Waals surface area (Å²) < 4.78 is 38.9. The van der Waals surface area contributed by atoms with Crippen molar-refractivity contribution in [1.29, 1.82) is 0 Å². The van der Waals surface area contributed by atoms with Gasteiger partial charge >= 0.3 is 12.2 Å². The molecule has 2 heterocycles. The van der Waals surface area contributed by atoms with Crippen LogP contribution < -0.4 is 15.5 Å². The quantitative estimate of drug-likeness (QED) is 0.811. The zero-order valence-electron chi connectivity index (χ0n) is 14.0. The van der Waals surface area contributed by atoms with Crippen LogP contribution in [0.3, 0.4) is 0 Å². The van der Waals surface area contributed by atoms with Gasteiger partial charge in [-0.25, -0.2) is 4.79 Å². The smallest absolute Gasteiger partial charge is 0.344 e. The van der Waals surface area contributed by atoms with Gasteiger partial charge in [-0.2, -0.15) is 13.2 Å². The largest absolute Gasteiger partial charge is 0.418 e.